The molecule has 2 saturated heterocycles. The van der Waals surface area contributed by atoms with Gasteiger partial charge < -0.3 is 40.0 Å². The molecule has 1 amide bonds. The molecule has 0 spiro atoms. The minimum absolute atomic E-state index is 0.269. The van der Waals surface area contributed by atoms with E-state index >= 15 is 0 Å². The molecular weight excluding hydrogens is 380 g/mol. The first-order chi connectivity index (χ1) is 13.2. The first-order valence-electron chi connectivity index (χ1n) is 8.69. The van der Waals surface area contributed by atoms with Crippen LogP contribution < -0.4 is 5.32 Å². The highest BCUT2D eigenvalue weighted by molar-refractivity contribution is 5.82. The molecule has 13 nitrogen and oxygen atoms in total. The summed E-state index contributed by atoms with van der Waals surface area (Å²) in [6.07, 6.45) is -11.4. The Morgan fingerprint density at radius 1 is 1.07 bits per heavy atom. The van der Waals surface area contributed by atoms with Crippen molar-refractivity contribution < 1.29 is 44.2 Å². The van der Waals surface area contributed by atoms with Crippen molar-refractivity contribution in [1.82, 2.24) is 5.32 Å². The standard InChI is InChI=1S/C15H24N4O9/c1-5(2)26-15(25)13-11(23)8(20)6(28-13)3-17-14(24)12-10(22)9(21)7(27-12)4-18-19-16/h5-13,20-23H,3-4H2,1-2H3,(H,17,24)/t6-,7-,8-,9-,10-,11-,12-,13-/m1/s1. The van der Waals surface area contributed by atoms with Gasteiger partial charge in [0.2, 0.25) is 0 Å². The van der Waals surface area contributed by atoms with Crippen LogP contribution in [0, 0.1) is 0 Å². The largest absolute Gasteiger partial charge is 0.461 e. The van der Waals surface area contributed by atoms with Crippen LogP contribution in [-0.2, 0) is 23.8 Å². The number of hydrogen-bond acceptors (Lipinski definition) is 10. The lowest BCUT2D eigenvalue weighted by atomic mass is 10.1. The maximum Gasteiger partial charge on any atom is 0.338 e. The summed E-state index contributed by atoms with van der Waals surface area (Å²) < 4.78 is 15.4. The topological polar surface area (TPSA) is 204 Å². The fraction of sp³-hybridized carbons (Fsp3) is 0.867. The molecule has 0 aromatic heterocycles. The third kappa shape index (κ3) is 4.89. The van der Waals surface area contributed by atoms with E-state index in [1.165, 1.54) is 0 Å². The number of amides is 1. The highest BCUT2D eigenvalue weighted by Crippen LogP contribution is 2.24. The quantitative estimate of drug-likeness (QED) is 0.130. The van der Waals surface area contributed by atoms with Crippen LogP contribution in [0.25, 0.3) is 10.4 Å². The van der Waals surface area contributed by atoms with Crippen molar-refractivity contribution in [2.24, 2.45) is 5.11 Å². The van der Waals surface area contributed by atoms with E-state index in [0.717, 1.165) is 0 Å². The number of aliphatic hydroxyl groups excluding tert-OH is 4. The molecule has 5 N–H and O–H groups in total. The van der Waals surface area contributed by atoms with Crippen molar-refractivity contribution in [3.63, 3.8) is 0 Å². The number of esters is 1. The van der Waals surface area contributed by atoms with E-state index in [4.69, 9.17) is 19.7 Å². The molecule has 2 rings (SSSR count). The number of azide groups is 1. The van der Waals surface area contributed by atoms with Crippen LogP contribution in [0.3, 0.4) is 0 Å². The molecule has 158 valence electrons. The Hall–Kier alpha value is -1.99. The number of carbonyl (C=O) groups is 2. The first kappa shape index (κ1) is 22.3. The highest BCUT2D eigenvalue weighted by atomic mass is 16.6. The second-order valence-electron chi connectivity index (χ2n) is 6.80. The molecule has 0 aliphatic carbocycles. The van der Waals surface area contributed by atoms with Gasteiger partial charge in [-0.25, -0.2) is 4.79 Å². The molecule has 0 saturated carbocycles. The average Bonchev–Trinajstić information content (AvgIpc) is 3.08. The molecule has 0 aromatic carbocycles. The molecule has 2 aliphatic heterocycles. The Bertz CT molecular complexity index is 627. The molecule has 2 fully saturated rings. The number of ether oxygens (including phenoxy) is 3. The molecule has 13 heteroatoms. The van der Waals surface area contributed by atoms with Crippen LogP contribution >= 0.6 is 0 Å². The Kier molecular flexibility index (Phi) is 7.55. The molecule has 28 heavy (non-hydrogen) atoms. The zero-order chi connectivity index (χ0) is 21.0. The fourth-order valence-corrected chi connectivity index (χ4v) is 2.95. The SMILES string of the molecule is CC(C)OC(=O)[C@@H]1O[C@H](CNC(=O)[C@@H]2O[C@H](CN=[N+]=[N-])[C@@H](O)[C@H]2O)[C@@H](O)[C@H]1O. The summed E-state index contributed by atoms with van der Waals surface area (Å²) in [5, 5.41) is 45.3. The summed E-state index contributed by atoms with van der Waals surface area (Å²) in [7, 11) is 0. The lowest BCUT2D eigenvalue weighted by Gasteiger charge is -2.18. The maximum absolute atomic E-state index is 12.2. The number of aliphatic hydroxyl groups is 4. The van der Waals surface area contributed by atoms with E-state index in [1.54, 1.807) is 13.8 Å². The Morgan fingerprint density at radius 2 is 1.64 bits per heavy atom. The van der Waals surface area contributed by atoms with Gasteiger partial charge in [-0.3, -0.25) is 4.79 Å². The molecule has 8 atom stereocenters. The normalized spacial score (nSPS) is 37.5. The first-order valence-corrected chi connectivity index (χ1v) is 8.69. The third-order valence-corrected chi connectivity index (χ3v) is 4.37. The van der Waals surface area contributed by atoms with Crippen molar-refractivity contribution in [2.75, 3.05) is 13.1 Å². The van der Waals surface area contributed by atoms with Crippen LogP contribution in [0.1, 0.15) is 13.8 Å². The summed E-state index contributed by atoms with van der Waals surface area (Å²) in [6, 6.07) is 0. The second-order valence-corrected chi connectivity index (χ2v) is 6.80. The number of rotatable bonds is 7. The van der Waals surface area contributed by atoms with Crippen LogP contribution in [-0.4, -0.2) is 100 Å². The van der Waals surface area contributed by atoms with Gasteiger partial charge in [0.05, 0.1) is 18.8 Å². The smallest absolute Gasteiger partial charge is 0.338 e. The van der Waals surface area contributed by atoms with Gasteiger partial charge in [0, 0.05) is 11.5 Å². The summed E-state index contributed by atoms with van der Waals surface area (Å²) in [5.74, 6) is -1.65. The van der Waals surface area contributed by atoms with E-state index < -0.39 is 66.8 Å². The zero-order valence-corrected chi connectivity index (χ0v) is 15.3. The van der Waals surface area contributed by atoms with Gasteiger partial charge in [0.25, 0.3) is 5.91 Å². The predicted molar refractivity (Wildman–Crippen MR) is 89.6 cm³/mol. The Labute approximate surface area is 159 Å². The van der Waals surface area contributed by atoms with Crippen LogP contribution in [0.15, 0.2) is 5.11 Å². The Balaban J connectivity index is 1.90. The van der Waals surface area contributed by atoms with Gasteiger partial charge in [-0.15, -0.1) is 0 Å². The minimum atomic E-state index is -1.55. The monoisotopic (exact) mass is 404 g/mol. The molecule has 0 aromatic rings. The van der Waals surface area contributed by atoms with E-state index in [0.29, 0.717) is 0 Å². The summed E-state index contributed by atoms with van der Waals surface area (Å²) in [5.41, 5.74) is 8.30. The third-order valence-electron chi connectivity index (χ3n) is 4.37. The molecule has 0 radical (unpaired) electrons. The maximum atomic E-state index is 12.2. The molecule has 2 aliphatic rings. The van der Waals surface area contributed by atoms with Gasteiger partial charge >= 0.3 is 5.97 Å². The lowest BCUT2D eigenvalue weighted by molar-refractivity contribution is -0.164. The number of nitrogens with zero attached hydrogens (tertiary/aromatic N) is 3. The fourth-order valence-electron chi connectivity index (χ4n) is 2.95. The molecule has 0 unspecified atom stereocenters. The van der Waals surface area contributed by atoms with Crippen LogP contribution in [0.2, 0.25) is 0 Å². The van der Waals surface area contributed by atoms with Gasteiger partial charge in [0.15, 0.2) is 12.2 Å². The Morgan fingerprint density at radius 3 is 2.25 bits per heavy atom. The van der Waals surface area contributed by atoms with Gasteiger partial charge in [-0.1, -0.05) is 5.11 Å². The van der Waals surface area contributed by atoms with E-state index in [-0.39, 0.29) is 13.1 Å². The van der Waals surface area contributed by atoms with Crippen LogP contribution in [0.4, 0.5) is 0 Å². The molecule has 0 bridgehead atoms. The van der Waals surface area contributed by atoms with Crippen molar-refractivity contribution in [3.05, 3.63) is 10.4 Å². The minimum Gasteiger partial charge on any atom is -0.461 e. The van der Waals surface area contributed by atoms with Crippen molar-refractivity contribution in [1.29, 1.82) is 0 Å². The van der Waals surface area contributed by atoms with Crippen LogP contribution in [0.5, 0.6) is 0 Å². The highest BCUT2D eigenvalue weighted by Gasteiger charge is 2.49. The number of hydrogen-bond donors (Lipinski definition) is 5. The van der Waals surface area contributed by atoms with E-state index in [2.05, 4.69) is 15.3 Å². The number of carbonyl (C=O) groups excluding carboxylic acids is 2. The van der Waals surface area contributed by atoms with E-state index in [9.17, 15) is 30.0 Å². The van der Waals surface area contributed by atoms with Gasteiger partial charge in [-0.05, 0) is 19.4 Å². The van der Waals surface area contributed by atoms with Gasteiger partial charge in [-0.2, -0.15) is 0 Å². The summed E-state index contributed by atoms with van der Waals surface area (Å²) in [4.78, 5) is 26.6. The summed E-state index contributed by atoms with van der Waals surface area (Å²) >= 11 is 0. The molecule has 2 heterocycles. The van der Waals surface area contributed by atoms with Crippen molar-refractivity contribution in [3.8, 4) is 0 Å². The van der Waals surface area contributed by atoms with E-state index in [1.807, 2.05) is 0 Å². The van der Waals surface area contributed by atoms with Crippen molar-refractivity contribution >= 4 is 11.9 Å². The summed E-state index contributed by atoms with van der Waals surface area (Å²) in [6.45, 7) is 2.66. The van der Waals surface area contributed by atoms with Crippen molar-refractivity contribution in [2.45, 2.75) is 68.8 Å². The van der Waals surface area contributed by atoms with Gasteiger partial charge in [0.1, 0.15) is 30.5 Å². The lowest BCUT2D eigenvalue weighted by Crippen LogP contribution is -2.47. The number of nitrogens with one attached hydrogen (secondary N) is 1. The zero-order valence-electron chi connectivity index (χ0n) is 15.3. The second kappa shape index (κ2) is 9.47. The predicted octanol–water partition coefficient (Wildman–Crippen LogP) is -2.66. The molecular formula is C15H24N4O9. The average molecular weight is 404 g/mol.